The van der Waals surface area contributed by atoms with Crippen molar-refractivity contribution in [3.05, 3.63) is 29.0 Å². The number of aromatic nitrogens is 2. The van der Waals surface area contributed by atoms with Crippen LogP contribution in [0.5, 0.6) is 0 Å². The van der Waals surface area contributed by atoms with Gasteiger partial charge in [0.1, 0.15) is 0 Å². The van der Waals surface area contributed by atoms with Crippen molar-refractivity contribution in [1.29, 1.82) is 0 Å². The van der Waals surface area contributed by atoms with Crippen LogP contribution in [0, 0.1) is 0 Å². The zero-order valence-electron chi connectivity index (χ0n) is 9.69. The molecule has 0 aliphatic rings. The third-order valence-corrected chi connectivity index (χ3v) is 2.66. The molecule has 0 fully saturated rings. The number of halogens is 3. The van der Waals surface area contributed by atoms with Crippen LogP contribution in [0.4, 0.5) is 14.6 Å². The first-order valence-electron chi connectivity index (χ1n) is 5.06. The van der Waals surface area contributed by atoms with Gasteiger partial charge in [-0.05, 0) is 18.2 Å². The smallest absolute Gasteiger partial charge is 0.276 e. The number of anilines is 1. The number of alkyl halides is 2. The third-order valence-electron chi connectivity index (χ3n) is 2.42. The Morgan fingerprint density at radius 3 is 2.67 bits per heavy atom. The first-order valence-corrected chi connectivity index (χ1v) is 5.44. The van der Waals surface area contributed by atoms with Crippen molar-refractivity contribution in [3.63, 3.8) is 0 Å². The number of fused-ring (bicyclic) bond motifs is 1. The molecule has 0 N–H and O–H groups in total. The van der Waals surface area contributed by atoms with Crippen molar-refractivity contribution in [2.24, 2.45) is 0 Å². The van der Waals surface area contributed by atoms with Crippen molar-refractivity contribution >= 4 is 28.3 Å². The van der Waals surface area contributed by atoms with Crippen LogP contribution < -0.4 is 5.06 Å². The van der Waals surface area contributed by atoms with E-state index in [1.165, 1.54) is 12.2 Å². The van der Waals surface area contributed by atoms with Crippen LogP contribution >= 0.6 is 11.6 Å². The van der Waals surface area contributed by atoms with Gasteiger partial charge in [-0.2, -0.15) is 0 Å². The van der Waals surface area contributed by atoms with E-state index in [1.807, 2.05) is 0 Å². The maximum atomic E-state index is 12.7. The van der Waals surface area contributed by atoms with E-state index in [2.05, 4.69) is 9.97 Å². The number of hydrogen-bond donors (Lipinski definition) is 0. The molecule has 2 rings (SSSR count). The zero-order chi connectivity index (χ0) is 13.3. The molecular formula is C11H10ClF2N3O. The Bertz CT molecular complexity index is 579. The molecule has 0 radical (unpaired) electrons. The number of rotatable bonds is 3. The molecule has 1 aromatic heterocycles. The normalized spacial score (nSPS) is 11.2. The molecule has 18 heavy (non-hydrogen) atoms. The van der Waals surface area contributed by atoms with Gasteiger partial charge in [0.25, 0.3) is 6.43 Å². The van der Waals surface area contributed by atoms with E-state index in [-0.39, 0.29) is 5.82 Å². The highest BCUT2D eigenvalue weighted by molar-refractivity contribution is 6.31. The second kappa shape index (κ2) is 4.99. The number of nitrogens with zero attached hydrogens (tertiary/aromatic N) is 3. The van der Waals surface area contributed by atoms with Gasteiger partial charge in [0.2, 0.25) is 0 Å². The molecule has 0 saturated heterocycles. The molecule has 0 saturated carbocycles. The lowest BCUT2D eigenvalue weighted by Gasteiger charge is -2.17. The standard InChI is InChI=1S/C11H10ClF2N3O/c1-17(18-2)11-7-5-6(12)3-4-8(7)15-10(16-11)9(13)14/h3-5,9H,1-2H3. The van der Waals surface area contributed by atoms with Crippen molar-refractivity contribution in [2.45, 2.75) is 6.43 Å². The predicted molar refractivity (Wildman–Crippen MR) is 64.9 cm³/mol. The lowest BCUT2D eigenvalue weighted by atomic mass is 10.2. The van der Waals surface area contributed by atoms with E-state index in [1.54, 1.807) is 25.2 Å². The first kappa shape index (κ1) is 12.9. The van der Waals surface area contributed by atoms with Gasteiger partial charge in [-0.1, -0.05) is 11.6 Å². The molecule has 4 nitrogen and oxygen atoms in total. The average Bonchev–Trinajstić information content (AvgIpc) is 2.36. The fourth-order valence-electron chi connectivity index (χ4n) is 1.53. The van der Waals surface area contributed by atoms with Gasteiger partial charge in [-0.15, -0.1) is 0 Å². The quantitative estimate of drug-likeness (QED) is 0.805. The number of hydroxylamine groups is 1. The molecule has 0 bridgehead atoms. The van der Waals surface area contributed by atoms with Gasteiger partial charge < -0.3 is 0 Å². The second-order valence-corrected chi connectivity index (χ2v) is 3.98. The summed E-state index contributed by atoms with van der Waals surface area (Å²) >= 11 is 5.88. The summed E-state index contributed by atoms with van der Waals surface area (Å²) in [6.45, 7) is 0. The third kappa shape index (κ3) is 2.34. The predicted octanol–water partition coefficient (Wildman–Crippen LogP) is 3.22. The largest absolute Gasteiger partial charge is 0.297 e. The summed E-state index contributed by atoms with van der Waals surface area (Å²) < 4.78 is 25.4. The van der Waals surface area contributed by atoms with Crippen LogP contribution in [0.15, 0.2) is 18.2 Å². The minimum Gasteiger partial charge on any atom is -0.276 e. The molecule has 0 spiro atoms. The Balaban J connectivity index is 2.73. The van der Waals surface area contributed by atoms with Crippen molar-refractivity contribution < 1.29 is 13.6 Å². The van der Waals surface area contributed by atoms with Gasteiger partial charge in [-0.3, -0.25) is 4.84 Å². The number of hydrogen-bond acceptors (Lipinski definition) is 4. The molecule has 1 heterocycles. The lowest BCUT2D eigenvalue weighted by Crippen LogP contribution is -2.18. The summed E-state index contributed by atoms with van der Waals surface area (Å²) in [6, 6.07) is 4.76. The van der Waals surface area contributed by atoms with Gasteiger partial charge in [0.05, 0.1) is 12.6 Å². The summed E-state index contributed by atoms with van der Waals surface area (Å²) in [5.41, 5.74) is 0.392. The van der Waals surface area contributed by atoms with E-state index >= 15 is 0 Å². The maximum absolute atomic E-state index is 12.7. The molecule has 0 amide bonds. The van der Waals surface area contributed by atoms with Crippen molar-refractivity contribution in [1.82, 2.24) is 9.97 Å². The van der Waals surface area contributed by atoms with Gasteiger partial charge in [0.15, 0.2) is 11.6 Å². The van der Waals surface area contributed by atoms with Gasteiger partial charge in [-0.25, -0.2) is 23.8 Å². The minimum atomic E-state index is -2.74. The summed E-state index contributed by atoms with van der Waals surface area (Å²) in [6.07, 6.45) is -2.74. The Kier molecular flexibility index (Phi) is 3.58. The molecule has 0 aliphatic heterocycles. The van der Waals surface area contributed by atoms with Crippen LogP contribution in [0.3, 0.4) is 0 Å². The highest BCUT2D eigenvalue weighted by atomic mass is 35.5. The lowest BCUT2D eigenvalue weighted by molar-refractivity contribution is 0.139. The minimum absolute atomic E-state index is 0.250. The highest BCUT2D eigenvalue weighted by Gasteiger charge is 2.17. The molecule has 0 atom stereocenters. The SMILES string of the molecule is CON(C)c1nc(C(F)F)nc2ccc(Cl)cc12. The Labute approximate surface area is 107 Å². The van der Waals surface area contributed by atoms with Crippen LogP contribution in [0.1, 0.15) is 12.2 Å². The second-order valence-electron chi connectivity index (χ2n) is 3.55. The summed E-state index contributed by atoms with van der Waals surface area (Å²) in [7, 11) is 2.98. The fraction of sp³-hybridized carbons (Fsp3) is 0.273. The molecule has 7 heteroatoms. The van der Waals surface area contributed by atoms with E-state index in [0.717, 1.165) is 0 Å². The first-order chi connectivity index (χ1) is 8.52. The highest BCUT2D eigenvalue weighted by Crippen LogP contribution is 2.28. The number of benzene rings is 1. The van der Waals surface area contributed by atoms with Crippen LogP contribution in [0.25, 0.3) is 10.9 Å². The van der Waals surface area contributed by atoms with Crippen molar-refractivity contribution in [3.8, 4) is 0 Å². The van der Waals surface area contributed by atoms with E-state index in [9.17, 15) is 8.78 Å². The van der Waals surface area contributed by atoms with E-state index < -0.39 is 12.2 Å². The summed E-state index contributed by atoms with van der Waals surface area (Å²) in [5.74, 6) is -0.288. The summed E-state index contributed by atoms with van der Waals surface area (Å²) in [4.78, 5) is 12.6. The molecule has 2 aromatic rings. The Morgan fingerprint density at radius 2 is 2.06 bits per heavy atom. The van der Waals surface area contributed by atoms with Crippen LogP contribution in [0.2, 0.25) is 5.02 Å². The Hall–Kier alpha value is -1.53. The van der Waals surface area contributed by atoms with E-state index in [4.69, 9.17) is 16.4 Å². The van der Waals surface area contributed by atoms with E-state index in [0.29, 0.717) is 15.9 Å². The van der Waals surface area contributed by atoms with Crippen molar-refractivity contribution in [2.75, 3.05) is 19.2 Å². The molecule has 96 valence electrons. The molecular weight excluding hydrogens is 264 g/mol. The molecule has 1 aromatic carbocycles. The maximum Gasteiger partial charge on any atom is 0.297 e. The molecule has 0 unspecified atom stereocenters. The Morgan fingerprint density at radius 1 is 1.33 bits per heavy atom. The van der Waals surface area contributed by atoms with Gasteiger partial charge >= 0.3 is 0 Å². The zero-order valence-corrected chi connectivity index (χ0v) is 10.4. The fourth-order valence-corrected chi connectivity index (χ4v) is 1.70. The van der Waals surface area contributed by atoms with Gasteiger partial charge in [0, 0.05) is 17.5 Å². The topological polar surface area (TPSA) is 38.2 Å². The summed E-state index contributed by atoms with van der Waals surface area (Å²) in [5, 5.41) is 2.31. The molecule has 0 aliphatic carbocycles. The van der Waals surface area contributed by atoms with Crippen LogP contribution in [-0.2, 0) is 4.84 Å². The van der Waals surface area contributed by atoms with Crippen LogP contribution in [-0.4, -0.2) is 24.1 Å². The average molecular weight is 274 g/mol. The monoisotopic (exact) mass is 273 g/mol.